The van der Waals surface area contributed by atoms with Crippen LogP contribution >= 0.6 is 15.9 Å². The molecule has 0 atom stereocenters. The second kappa shape index (κ2) is 3.71. The van der Waals surface area contributed by atoms with Crippen molar-refractivity contribution in [1.29, 1.82) is 0 Å². The third kappa shape index (κ3) is 1.85. The molecule has 0 aliphatic carbocycles. The number of aliphatic carboxylic acids is 1. The van der Waals surface area contributed by atoms with E-state index in [0.29, 0.717) is 5.82 Å². The third-order valence-electron chi connectivity index (χ3n) is 1.52. The summed E-state index contributed by atoms with van der Waals surface area (Å²) in [5, 5.41) is 8.53. The molecule has 1 heterocycles. The minimum absolute atomic E-state index is 0.0283. The first-order chi connectivity index (χ1) is 5.65. The molecule has 12 heavy (non-hydrogen) atoms. The summed E-state index contributed by atoms with van der Waals surface area (Å²) in [6.07, 6.45) is 1.58. The van der Waals surface area contributed by atoms with Crippen LogP contribution in [0.1, 0.15) is 12.7 Å². The van der Waals surface area contributed by atoms with Gasteiger partial charge in [0.2, 0.25) is 0 Å². The molecule has 0 amide bonds. The van der Waals surface area contributed by atoms with Gasteiger partial charge in [-0.1, -0.05) is 0 Å². The fourth-order valence-electron chi connectivity index (χ4n) is 1.00. The van der Waals surface area contributed by atoms with E-state index >= 15 is 0 Å². The molecule has 0 fully saturated rings. The maximum atomic E-state index is 10.4. The van der Waals surface area contributed by atoms with Gasteiger partial charge in [-0.15, -0.1) is 0 Å². The van der Waals surface area contributed by atoms with Crippen LogP contribution in [0.15, 0.2) is 10.8 Å². The van der Waals surface area contributed by atoms with Crippen LogP contribution in [0.5, 0.6) is 0 Å². The highest BCUT2D eigenvalue weighted by atomic mass is 79.9. The van der Waals surface area contributed by atoms with Gasteiger partial charge in [-0.25, -0.2) is 4.98 Å². The summed E-state index contributed by atoms with van der Waals surface area (Å²) in [4.78, 5) is 14.3. The van der Waals surface area contributed by atoms with Gasteiger partial charge in [-0.05, 0) is 22.9 Å². The molecule has 0 unspecified atom stereocenters. The Labute approximate surface area is 78.4 Å². The van der Waals surface area contributed by atoms with E-state index in [2.05, 4.69) is 20.9 Å². The molecule has 1 aromatic heterocycles. The molecule has 0 aromatic carbocycles. The van der Waals surface area contributed by atoms with Crippen LogP contribution in [0.3, 0.4) is 0 Å². The Bertz CT molecular complexity index is 296. The maximum absolute atomic E-state index is 10.4. The normalized spacial score (nSPS) is 10.2. The first-order valence-corrected chi connectivity index (χ1v) is 4.36. The monoisotopic (exact) mass is 232 g/mol. The number of hydrogen-bond donors (Lipinski definition) is 1. The highest BCUT2D eigenvalue weighted by Crippen LogP contribution is 2.12. The predicted octanol–water partition coefficient (Wildman–Crippen LogP) is 1.29. The zero-order chi connectivity index (χ0) is 9.14. The van der Waals surface area contributed by atoms with Crippen molar-refractivity contribution < 1.29 is 9.90 Å². The Morgan fingerprint density at radius 3 is 3.00 bits per heavy atom. The van der Waals surface area contributed by atoms with E-state index in [1.807, 2.05) is 11.5 Å². The summed E-state index contributed by atoms with van der Waals surface area (Å²) in [6, 6.07) is 0. The number of carboxylic acids is 1. The number of rotatable bonds is 3. The maximum Gasteiger partial charge on any atom is 0.311 e. The Balaban J connectivity index is 2.91. The van der Waals surface area contributed by atoms with Crippen LogP contribution in [0.4, 0.5) is 0 Å². The van der Waals surface area contributed by atoms with Crippen LogP contribution in [-0.4, -0.2) is 20.6 Å². The van der Waals surface area contributed by atoms with Crippen LogP contribution in [0, 0.1) is 0 Å². The van der Waals surface area contributed by atoms with E-state index in [4.69, 9.17) is 5.11 Å². The lowest BCUT2D eigenvalue weighted by Crippen LogP contribution is -2.08. The number of carbonyl (C=O) groups is 1. The molecule has 1 aromatic rings. The number of hydrogen-bond acceptors (Lipinski definition) is 2. The molecule has 0 spiro atoms. The fourth-order valence-corrected chi connectivity index (χ4v) is 1.56. The van der Waals surface area contributed by atoms with E-state index in [9.17, 15) is 4.79 Å². The zero-order valence-electron chi connectivity index (χ0n) is 6.62. The summed E-state index contributed by atoms with van der Waals surface area (Å²) in [5.41, 5.74) is 0. The molecule has 0 saturated heterocycles. The fraction of sp³-hybridized carbons (Fsp3) is 0.429. The van der Waals surface area contributed by atoms with Gasteiger partial charge in [0.15, 0.2) is 0 Å². The molecule has 0 bridgehead atoms. The van der Waals surface area contributed by atoms with Gasteiger partial charge in [0.25, 0.3) is 0 Å². The topological polar surface area (TPSA) is 55.1 Å². The molecular weight excluding hydrogens is 224 g/mol. The highest BCUT2D eigenvalue weighted by Gasteiger charge is 2.09. The molecule has 0 saturated carbocycles. The average molecular weight is 233 g/mol. The third-order valence-corrected chi connectivity index (χ3v) is 2.15. The minimum atomic E-state index is -0.859. The van der Waals surface area contributed by atoms with E-state index in [-0.39, 0.29) is 6.42 Å². The summed E-state index contributed by atoms with van der Waals surface area (Å²) >= 11 is 3.27. The predicted molar refractivity (Wildman–Crippen MR) is 46.9 cm³/mol. The van der Waals surface area contributed by atoms with E-state index in [0.717, 1.165) is 11.1 Å². The van der Waals surface area contributed by atoms with E-state index in [1.54, 1.807) is 6.20 Å². The van der Waals surface area contributed by atoms with Gasteiger partial charge in [-0.3, -0.25) is 4.79 Å². The van der Waals surface area contributed by atoms with Crippen molar-refractivity contribution in [3.63, 3.8) is 0 Å². The lowest BCUT2D eigenvalue weighted by atomic mass is 10.4. The van der Waals surface area contributed by atoms with Gasteiger partial charge >= 0.3 is 5.97 Å². The van der Waals surface area contributed by atoms with Gasteiger partial charge in [-0.2, -0.15) is 0 Å². The molecule has 0 aliphatic rings. The molecule has 1 N–H and O–H groups in total. The van der Waals surface area contributed by atoms with Gasteiger partial charge in [0.05, 0.1) is 6.20 Å². The van der Waals surface area contributed by atoms with Crippen molar-refractivity contribution >= 4 is 21.9 Å². The highest BCUT2D eigenvalue weighted by molar-refractivity contribution is 9.10. The number of halogens is 1. The Kier molecular flexibility index (Phi) is 2.86. The Morgan fingerprint density at radius 1 is 1.83 bits per heavy atom. The van der Waals surface area contributed by atoms with E-state index in [1.165, 1.54) is 0 Å². The minimum Gasteiger partial charge on any atom is -0.481 e. The summed E-state index contributed by atoms with van der Waals surface area (Å²) < 4.78 is 2.63. The van der Waals surface area contributed by atoms with Gasteiger partial charge in [0, 0.05) is 6.54 Å². The number of imidazole rings is 1. The quantitative estimate of drug-likeness (QED) is 0.855. The van der Waals surface area contributed by atoms with Crippen LogP contribution in [-0.2, 0) is 17.8 Å². The van der Waals surface area contributed by atoms with E-state index < -0.39 is 5.97 Å². The smallest absolute Gasteiger partial charge is 0.311 e. The molecule has 1 rings (SSSR count). The van der Waals surface area contributed by atoms with Crippen LogP contribution in [0.2, 0.25) is 0 Å². The van der Waals surface area contributed by atoms with Crippen molar-refractivity contribution in [2.24, 2.45) is 0 Å². The Morgan fingerprint density at radius 2 is 2.50 bits per heavy atom. The standard InChI is InChI=1S/C7H9BrN2O2/c1-2-10-5(8)4-9-6(10)3-7(11)12/h4H,2-3H2,1H3,(H,11,12). The number of carboxylic acid groups (broad SMARTS) is 1. The zero-order valence-corrected chi connectivity index (χ0v) is 8.21. The van der Waals surface area contributed by atoms with Crippen molar-refractivity contribution in [1.82, 2.24) is 9.55 Å². The van der Waals surface area contributed by atoms with Gasteiger partial charge in [0.1, 0.15) is 16.8 Å². The van der Waals surface area contributed by atoms with Crippen molar-refractivity contribution in [3.05, 3.63) is 16.6 Å². The number of aromatic nitrogens is 2. The number of nitrogens with zero attached hydrogens (tertiary/aromatic N) is 2. The first kappa shape index (κ1) is 9.25. The summed E-state index contributed by atoms with van der Waals surface area (Å²) in [5.74, 6) is -0.278. The molecule has 5 heteroatoms. The van der Waals surface area contributed by atoms with Crippen molar-refractivity contribution in [2.45, 2.75) is 19.9 Å². The lowest BCUT2D eigenvalue weighted by molar-refractivity contribution is -0.136. The second-order valence-electron chi connectivity index (χ2n) is 2.31. The SMILES string of the molecule is CCn1c(Br)cnc1CC(=O)O. The largest absolute Gasteiger partial charge is 0.481 e. The molecule has 0 radical (unpaired) electrons. The van der Waals surface area contributed by atoms with Crippen LogP contribution < -0.4 is 0 Å². The second-order valence-corrected chi connectivity index (χ2v) is 3.12. The average Bonchev–Trinajstić information content (AvgIpc) is 2.30. The lowest BCUT2D eigenvalue weighted by Gasteiger charge is -2.02. The molecule has 0 aliphatic heterocycles. The van der Waals surface area contributed by atoms with Gasteiger partial charge < -0.3 is 9.67 Å². The van der Waals surface area contributed by atoms with Crippen LogP contribution in [0.25, 0.3) is 0 Å². The molecule has 4 nitrogen and oxygen atoms in total. The Hall–Kier alpha value is -0.840. The first-order valence-electron chi connectivity index (χ1n) is 3.56. The molecular formula is C7H9BrN2O2. The summed E-state index contributed by atoms with van der Waals surface area (Å²) in [7, 11) is 0. The van der Waals surface area contributed by atoms with Crippen molar-refractivity contribution in [2.75, 3.05) is 0 Å². The van der Waals surface area contributed by atoms with Crippen molar-refractivity contribution in [3.8, 4) is 0 Å². The summed E-state index contributed by atoms with van der Waals surface area (Å²) in [6.45, 7) is 2.67. The molecule has 66 valence electrons.